The number of amides is 2. The van der Waals surface area contributed by atoms with E-state index in [-0.39, 0.29) is 16.8 Å². The van der Waals surface area contributed by atoms with Gasteiger partial charge in [-0.05, 0) is 30.3 Å². The number of benzene rings is 2. The maximum atomic E-state index is 12.4. The van der Waals surface area contributed by atoms with Gasteiger partial charge in [-0.1, -0.05) is 6.07 Å². The zero-order valence-electron chi connectivity index (χ0n) is 11.0. The number of rotatable bonds is 2. The predicted octanol–water partition coefficient (Wildman–Crippen LogP) is 2.27. The van der Waals surface area contributed by atoms with E-state index in [4.69, 9.17) is 5.26 Å². The second-order valence-electron chi connectivity index (χ2n) is 4.56. The molecule has 1 heterocycles. The van der Waals surface area contributed by atoms with Crippen LogP contribution in [0, 0.1) is 21.4 Å². The van der Waals surface area contributed by atoms with E-state index in [2.05, 4.69) is 0 Å². The monoisotopic (exact) mass is 293 g/mol. The molecule has 2 aromatic rings. The second kappa shape index (κ2) is 4.79. The first kappa shape index (κ1) is 13.5. The van der Waals surface area contributed by atoms with E-state index in [1.165, 1.54) is 42.5 Å². The minimum atomic E-state index is -0.739. The molecule has 1 aliphatic heterocycles. The average molecular weight is 293 g/mol. The Hall–Kier alpha value is -3.53. The van der Waals surface area contributed by atoms with Crippen molar-refractivity contribution in [2.24, 2.45) is 0 Å². The lowest BCUT2D eigenvalue weighted by atomic mass is 10.1. The Morgan fingerprint density at radius 2 is 1.73 bits per heavy atom. The fourth-order valence-corrected chi connectivity index (χ4v) is 2.34. The lowest BCUT2D eigenvalue weighted by molar-refractivity contribution is -0.385. The number of fused-ring (bicyclic) bond motifs is 1. The molecule has 0 unspecified atom stereocenters. The molecule has 0 spiro atoms. The van der Waals surface area contributed by atoms with Crippen LogP contribution in [0.15, 0.2) is 42.5 Å². The van der Waals surface area contributed by atoms with E-state index in [9.17, 15) is 19.7 Å². The van der Waals surface area contributed by atoms with Crippen LogP contribution < -0.4 is 4.90 Å². The maximum absolute atomic E-state index is 12.4. The van der Waals surface area contributed by atoms with E-state index in [1.807, 2.05) is 6.07 Å². The molecule has 2 aromatic carbocycles. The fraction of sp³-hybridized carbons (Fsp3) is 0. The zero-order chi connectivity index (χ0) is 15.9. The molecule has 22 heavy (non-hydrogen) atoms. The molecule has 2 amide bonds. The van der Waals surface area contributed by atoms with Crippen molar-refractivity contribution in [2.45, 2.75) is 0 Å². The summed E-state index contributed by atoms with van der Waals surface area (Å²) in [6.07, 6.45) is 0. The number of nitro benzene ring substituents is 1. The first-order chi connectivity index (χ1) is 10.5. The van der Waals surface area contributed by atoms with Crippen molar-refractivity contribution in [3.63, 3.8) is 0 Å². The van der Waals surface area contributed by atoms with Crippen molar-refractivity contribution < 1.29 is 14.5 Å². The Morgan fingerprint density at radius 1 is 1.05 bits per heavy atom. The molecule has 0 radical (unpaired) electrons. The third-order valence-corrected chi connectivity index (χ3v) is 3.34. The lowest BCUT2D eigenvalue weighted by Gasteiger charge is -2.13. The molecule has 0 aliphatic carbocycles. The number of nitriles is 1. The van der Waals surface area contributed by atoms with Gasteiger partial charge >= 0.3 is 0 Å². The molecule has 106 valence electrons. The molecule has 0 aromatic heterocycles. The van der Waals surface area contributed by atoms with E-state index in [1.54, 1.807) is 0 Å². The summed E-state index contributed by atoms with van der Waals surface area (Å²) in [6, 6.07) is 11.7. The molecule has 0 saturated carbocycles. The number of hydrogen-bond acceptors (Lipinski definition) is 5. The smallest absolute Gasteiger partial charge is 0.268 e. The lowest BCUT2D eigenvalue weighted by Crippen LogP contribution is -2.29. The molecule has 0 saturated heterocycles. The number of imide groups is 1. The van der Waals surface area contributed by atoms with Crippen molar-refractivity contribution in [3.05, 3.63) is 69.3 Å². The molecular formula is C15H7N3O4. The van der Waals surface area contributed by atoms with E-state index in [0.717, 1.165) is 4.90 Å². The highest BCUT2D eigenvalue weighted by molar-refractivity contribution is 6.35. The van der Waals surface area contributed by atoms with Crippen molar-refractivity contribution in [3.8, 4) is 6.07 Å². The summed E-state index contributed by atoms with van der Waals surface area (Å²) < 4.78 is 0. The van der Waals surface area contributed by atoms with Crippen molar-refractivity contribution >= 4 is 23.2 Å². The Labute approximate surface area is 124 Å². The fourth-order valence-electron chi connectivity index (χ4n) is 2.34. The van der Waals surface area contributed by atoms with Gasteiger partial charge in [0.25, 0.3) is 17.5 Å². The zero-order valence-corrected chi connectivity index (χ0v) is 11.0. The van der Waals surface area contributed by atoms with Crippen molar-refractivity contribution in [1.29, 1.82) is 5.26 Å². The number of nitro groups is 1. The highest BCUT2D eigenvalue weighted by Crippen LogP contribution is 2.33. The average Bonchev–Trinajstić information content (AvgIpc) is 2.79. The third kappa shape index (κ3) is 1.83. The molecule has 7 nitrogen and oxygen atoms in total. The third-order valence-electron chi connectivity index (χ3n) is 3.34. The van der Waals surface area contributed by atoms with Gasteiger partial charge in [-0.25, -0.2) is 4.90 Å². The van der Waals surface area contributed by atoms with E-state index >= 15 is 0 Å². The van der Waals surface area contributed by atoms with E-state index in [0.29, 0.717) is 5.56 Å². The van der Waals surface area contributed by atoms with Gasteiger partial charge in [0.15, 0.2) is 0 Å². The molecular weight excluding hydrogens is 286 g/mol. The summed E-state index contributed by atoms with van der Waals surface area (Å²) in [5, 5.41) is 19.8. The van der Waals surface area contributed by atoms with Gasteiger partial charge in [0.2, 0.25) is 0 Å². The number of carbonyl (C=O) groups excluding carboxylic acids is 2. The summed E-state index contributed by atoms with van der Waals surface area (Å²) in [4.78, 5) is 36.0. The Kier molecular flexibility index (Phi) is 2.93. The highest BCUT2D eigenvalue weighted by atomic mass is 16.6. The van der Waals surface area contributed by atoms with Crippen molar-refractivity contribution in [2.75, 3.05) is 4.90 Å². The normalized spacial score (nSPS) is 13.0. The predicted molar refractivity (Wildman–Crippen MR) is 75.4 cm³/mol. The largest absolute Gasteiger partial charge is 0.283 e. The van der Waals surface area contributed by atoms with Crippen LogP contribution in [0.3, 0.4) is 0 Å². The van der Waals surface area contributed by atoms with Crippen LogP contribution in [0.25, 0.3) is 0 Å². The van der Waals surface area contributed by atoms with Gasteiger partial charge < -0.3 is 0 Å². The SMILES string of the molecule is N#Cc1ccc(N2C(=O)c3cccc([N+](=O)[O-])c3C2=O)cc1. The Morgan fingerprint density at radius 3 is 2.32 bits per heavy atom. The number of hydrogen-bond donors (Lipinski definition) is 0. The molecule has 0 N–H and O–H groups in total. The molecule has 7 heteroatoms. The minimum absolute atomic E-state index is 0.00330. The molecule has 3 rings (SSSR count). The quantitative estimate of drug-likeness (QED) is 0.480. The van der Waals surface area contributed by atoms with Gasteiger partial charge in [-0.3, -0.25) is 19.7 Å². The second-order valence-corrected chi connectivity index (χ2v) is 4.56. The summed E-state index contributed by atoms with van der Waals surface area (Å²) >= 11 is 0. The summed E-state index contributed by atoms with van der Waals surface area (Å²) in [5.74, 6) is -1.36. The maximum Gasteiger partial charge on any atom is 0.283 e. The van der Waals surface area contributed by atoms with Crippen LogP contribution in [-0.2, 0) is 0 Å². The van der Waals surface area contributed by atoms with Gasteiger partial charge in [0.05, 0.1) is 27.8 Å². The summed E-state index contributed by atoms with van der Waals surface area (Å²) in [5.41, 5.74) is 0.0447. The molecule has 0 bridgehead atoms. The number of anilines is 1. The van der Waals surface area contributed by atoms with Crippen LogP contribution in [0.2, 0.25) is 0 Å². The number of carbonyl (C=O) groups is 2. The molecule has 0 fully saturated rings. The molecule has 0 atom stereocenters. The van der Waals surface area contributed by atoms with Gasteiger partial charge in [0, 0.05) is 6.07 Å². The van der Waals surface area contributed by atoms with Crippen LogP contribution in [0.4, 0.5) is 11.4 Å². The Bertz CT molecular complexity index is 865. The van der Waals surface area contributed by atoms with Gasteiger partial charge in [0.1, 0.15) is 5.56 Å². The van der Waals surface area contributed by atoms with Gasteiger partial charge in [-0.15, -0.1) is 0 Å². The first-order valence-corrected chi connectivity index (χ1v) is 6.21. The van der Waals surface area contributed by atoms with Gasteiger partial charge in [-0.2, -0.15) is 5.26 Å². The standard InChI is InChI=1S/C15H7N3O4/c16-8-9-4-6-10(7-5-9)17-14(19)11-2-1-3-12(18(21)22)13(11)15(17)20/h1-7H. The minimum Gasteiger partial charge on any atom is -0.268 e. The van der Waals surface area contributed by atoms with Crippen LogP contribution in [0.5, 0.6) is 0 Å². The summed E-state index contributed by atoms with van der Waals surface area (Å²) in [6.45, 7) is 0. The Balaban J connectivity index is 2.12. The first-order valence-electron chi connectivity index (χ1n) is 6.21. The van der Waals surface area contributed by atoms with Crippen LogP contribution in [0.1, 0.15) is 26.3 Å². The van der Waals surface area contributed by atoms with Crippen LogP contribution >= 0.6 is 0 Å². The van der Waals surface area contributed by atoms with Crippen molar-refractivity contribution in [1.82, 2.24) is 0 Å². The van der Waals surface area contributed by atoms with Crippen LogP contribution in [-0.4, -0.2) is 16.7 Å². The topological polar surface area (TPSA) is 104 Å². The van der Waals surface area contributed by atoms with E-state index < -0.39 is 22.4 Å². The highest BCUT2D eigenvalue weighted by Gasteiger charge is 2.41. The molecule has 1 aliphatic rings. The summed E-state index contributed by atoms with van der Waals surface area (Å²) in [7, 11) is 0. The number of nitrogens with zero attached hydrogens (tertiary/aromatic N) is 3.